The molecule has 0 heterocycles. The van der Waals surface area contributed by atoms with Crippen molar-refractivity contribution >= 4 is 17.5 Å². The topological polar surface area (TPSA) is 58.2 Å². The van der Waals surface area contributed by atoms with Gasteiger partial charge in [0.15, 0.2) is 5.78 Å². The third-order valence-electron chi connectivity index (χ3n) is 2.08. The zero-order chi connectivity index (χ0) is 12.7. The van der Waals surface area contributed by atoms with Gasteiger partial charge in [0.2, 0.25) is 0 Å². The van der Waals surface area contributed by atoms with Gasteiger partial charge in [-0.05, 0) is 19.1 Å². The summed E-state index contributed by atoms with van der Waals surface area (Å²) in [7, 11) is 0. The molecule has 0 aliphatic carbocycles. The van der Waals surface area contributed by atoms with E-state index in [0.717, 1.165) is 0 Å². The highest BCUT2D eigenvalue weighted by atomic mass is 16.2. The van der Waals surface area contributed by atoms with Crippen LogP contribution in [0.3, 0.4) is 0 Å². The molecular formula is C13H14N2O2. The number of hydrogen-bond acceptors (Lipinski definition) is 2. The molecular weight excluding hydrogens is 216 g/mol. The molecule has 17 heavy (non-hydrogen) atoms. The van der Waals surface area contributed by atoms with Gasteiger partial charge in [-0.2, -0.15) is 0 Å². The Kier molecular flexibility index (Phi) is 4.77. The van der Waals surface area contributed by atoms with Crippen molar-refractivity contribution in [3.8, 4) is 12.3 Å². The van der Waals surface area contributed by atoms with Crippen LogP contribution in [-0.2, 0) is 0 Å². The molecule has 0 saturated heterocycles. The SMILES string of the molecule is C#CCCNC(=O)Nc1cccc(C(C)=O)c1. The summed E-state index contributed by atoms with van der Waals surface area (Å²) in [4.78, 5) is 22.5. The Bertz CT molecular complexity index is 461. The van der Waals surface area contributed by atoms with Gasteiger partial charge in [0, 0.05) is 24.2 Å². The van der Waals surface area contributed by atoms with Gasteiger partial charge in [0.1, 0.15) is 0 Å². The standard InChI is InChI=1S/C13H14N2O2/c1-3-4-8-14-13(17)15-12-7-5-6-11(9-12)10(2)16/h1,5-7,9H,4,8H2,2H3,(H2,14,15,17). The van der Waals surface area contributed by atoms with Crippen molar-refractivity contribution in [3.63, 3.8) is 0 Å². The van der Waals surface area contributed by atoms with Crippen LogP contribution < -0.4 is 10.6 Å². The number of terminal acetylenes is 1. The van der Waals surface area contributed by atoms with E-state index < -0.39 is 0 Å². The molecule has 0 aliphatic rings. The Morgan fingerprint density at radius 3 is 2.82 bits per heavy atom. The Balaban J connectivity index is 2.57. The maximum atomic E-state index is 11.4. The molecule has 0 fully saturated rings. The summed E-state index contributed by atoms with van der Waals surface area (Å²) in [6.07, 6.45) is 5.55. The summed E-state index contributed by atoms with van der Waals surface area (Å²) in [6, 6.07) is 6.43. The average Bonchev–Trinajstić information content (AvgIpc) is 2.29. The predicted octanol–water partition coefficient (Wildman–Crippen LogP) is 2.03. The molecule has 0 aliphatic heterocycles. The molecule has 1 aromatic rings. The van der Waals surface area contributed by atoms with Crippen LogP contribution in [0.15, 0.2) is 24.3 Å². The van der Waals surface area contributed by atoms with Crippen molar-refractivity contribution in [3.05, 3.63) is 29.8 Å². The summed E-state index contributed by atoms with van der Waals surface area (Å²) in [5.41, 5.74) is 1.14. The Hall–Kier alpha value is -2.28. The molecule has 1 rings (SSSR count). The summed E-state index contributed by atoms with van der Waals surface area (Å²) in [5.74, 6) is 2.38. The highest BCUT2D eigenvalue weighted by Gasteiger charge is 2.03. The van der Waals surface area contributed by atoms with Gasteiger partial charge >= 0.3 is 6.03 Å². The van der Waals surface area contributed by atoms with Crippen LogP contribution in [0.2, 0.25) is 0 Å². The molecule has 2 N–H and O–H groups in total. The smallest absolute Gasteiger partial charge is 0.319 e. The van der Waals surface area contributed by atoms with E-state index in [2.05, 4.69) is 16.6 Å². The lowest BCUT2D eigenvalue weighted by molar-refractivity contribution is 0.101. The van der Waals surface area contributed by atoms with Crippen LogP contribution in [0, 0.1) is 12.3 Å². The van der Waals surface area contributed by atoms with Gasteiger partial charge in [-0.1, -0.05) is 12.1 Å². The number of Topliss-reactive ketones (excluding diaryl/α,β-unsaturated/α-hetero) is 1. The number of carbonyl (C=O) groups excluding carboxylic acids is 2. The maximum absolute atomic E-state index is 11.4. The van der Waals surface area contributed by atoms with Crippen molar-refractivity contribution in [2.24, 2.45) is 0 Å². The van der Waals surface area contributed by atoms with Gasteiger partial charge in [-0.15, -0.1) is 12.3 Å². The van der Waals surface area contributed by atoms with Gasteiger partial charge in [0.25, 0.3) is 0 Å². The number of nitrogens with one attached hydrogen (secondary N) is 2. The second-order valence-corrected chi connectivity index (χ2v) is 3.47. The summed E-state index contributed by atoms with van der Waals surface area (Å²) in [6.45, 7) is 1.90. The monoisotopic (exact) mass is 230 g/mol. The van der Waals surface area contributed by atoms with Gasteiger partial charge in [-0.3, -0.25) is 4.79 Å². The highest BCUT2D eigenvalue weighted by Crippen LogP contribution is 2.10. The van der Waals surface area contributed by atoms with Crippen molar-refractivity contribution in [1.82, 2.24) is 5.32 Å². The van der Waals surface area contributed by atoms with Gasteiger partial charge < -0.3 is 10.6 Å². The number of urea groups is 1. The molecule has 1 aromatic carbocycles. The minimum Gasteiger partial charge on any atom is -0.337 e. The van der Waals surface area contributed by atoms with Crippen LogP contribution >= 0.6 is 0 Å². The molecule has 0 bridgehead atoms. The van der Waals surface area contributed by atoms with Crippen molar-refractivity contribution < 1.29 is 9.59 Å². The third kappa shape index (κ3) is 4.39. The van der Waals surface area contributed by atoms with Crippen molar-refractivity contribution in [2.45, 2.75) is 13.3 Å². The second-order valence-electron chi connectivity index (χ2n) is 3.47. The number of carbonyl (C=O) groups is 2. The minimum absolute atomic E-state index is 0.0404. The van der Waals surface area contributed by atoms with E-state index in [0.29, 0.717) is 24.2 Å². The minimum atomic E-state index is -0.332. The molecule has 0 radical (unpaired) electrons. The van der Waals surface area contributed by atoms with Crippen molar-refractivity contribution in [1.29, 1.82) is 0 Å². The summed E-state index contributed by atoms with van der Waals surface area (Å²) < 4.78 is 0. The summed E-state index contributed by atoms with van der Waals surface area (Å²) >= 11 is 0. The average molecular weight is 230 g/mol. The highest BCUT2D eigenvalue weighted by molar-refractivity contribution is 5.96. The molecule has 4 nitrogen and oxygen atoms in total. The molecule has 0 spiro atoms. The number of amides is 2. The maximum Gasteiger partial charge on any atom is 0.319 e. The van der Waals surface area contributed by atoms with Crippen LogP contribution in [0.5, 0.6) is 0 Å². The van der Waals surface area contributed by atoms with Crippen LogP contribution in [-0.4, -0.2) is 18.4 Å². The van der Waals surface area contributed by atoms with Crippen LogP contribution in [0.4, 0.5) is 10.5 Å². The fourth-order valence-electron chi connectivity index (χ4n) is 1.24. The predicted molar refractivity (Wildman–Crippen MR) is 66.9 cm³/mol. The molecule has 0 saturated carbocycles. The molecule has 0 unspecified atom stereocenters. The Morgan fingerprint density at radius 2 is 2.18 bits per heavy atom. The van der Waals surface area contributed by atoms with E-state index >= 15 is 0 Å². The Morgan fingerprint density at radius 1 is 1.41 bits per heavy atom. The van der Waals surface area contributed by atoms with Crippen molar-refractivity contribution in [2.75, 3.05) is 11.9 Å². The largest absolute Gasteiger partial charge is 0.337 e. The van der Waals surface area contributed by atoms with E-state index in [1.165, 1.54) is 6.92 Å². The quantitative estimate of drug-likeness (QED) is 0.472. The van der Waals surface area contributed by atoms with E-state index in [9.17, 15) is 9.59 Å². The van der Waals surface area contributed by atoms with Gasteiger partial charge in [-0.25, -0.2) is 4.79 Å². The second kappa shape index (κ2) is 6.33. The third-order valence-corrected chi connectivity index (χ3v) is 2.08. The number of rotatable bonds is 4. The lowest BCUT2D eigenvalue weighted by atomic mass is 10.1. The first kappa shape index (κ1) is 12.8. The lowest BCUT2D eigenvalue weighted by Crippen LogP contribution is -2.29. The van der Waals surface area contributed by atoms with E-state index in [1.807, 2.05) is 0 Å². The number of anilines is 1. The van der Waals surface area contributed by atoms with Gasteiger partial charge in [0.05, 0.1) is 0 Å². The molecule has 88 valence electrons. The first-order chi connectivity index (χ1) is 8.13. The molecule has 4 heteroatoms. The zero-order valence-corrected chi connectivity index (χ0v) is 9.62. The fraction of sp³-hybridized carbons (Fsp3) is 0.231. The molecule has 2 amide bonds. The Labute approximate surface area is 100 Å². The normalized spacial score (nSPS) is 9.18. The fourth-order valence-corrected chi connectivity index (χ4v) is 1.24. The number of benzene rings is 1. The van der Waals surface area contributed by atoms with E-state index in [1.54, 1.807) is 24.3 Å². The summed E-state index contributed by atoms with van der Waals surface area (Å²) in [5, 5.41) is 5.23. The van der Waals surface area contributed by atoms with Crippen LogP contribution in [0.25, 0.3) is 0 Å². The van der Waals surface area contributed by atoms with E-state index in [-0.39, 0.29) is 11.8 Å². The number of hydrogen-bond donors (Lipinski definition) is 2. The van der Waals surface area contributed by atoms with E-state index in [4.69, 9.17) is 6.42 Å². The molecule has 0 aromatic heterocycles. The first-order valence-electron chi connectivity index (χ1n) is 5.23. The first-order valence-corrected chi connectivity index (χ1v) is 5.23. The zero-order valence-electron chi connectivity index (χ0n) is 9.62. The molecule has 0 atom stereocenters. The van der Waals surface area contributed by atoms with Crippen LogP contribution in [0.1, 0.15) is 23.7 Å². The number of ketones is 1. The lowest BCUT2D eigenvalue weighted by Gasteiger charge is -2.07.